The summed E-state index contributed by atoms with van der Waals surface area (Å²) in [5.41, 5.74) is 1.14. The first kappa shape index (κ1) is 18.7. The average Bonchev–Trinajstić information content (AvgIpc) is 3.28. The van der Waals surface area contributed by atoms with E-state index >= 15 is 0 Å². The van der Waals surface area contributed by atoms with E-state index in [1.165, 1.54) is 12.5 Å². The van der Waals surface area contributed by atoms with Crippen molar-refractivity contribution in [1.82, 2.24) is 19.4 Å². The third kappa shape index (κ3) is 3.54. The molecule has 0 spiro atoms. The summed E-state index contributed by atoms with van der Waals surface area (Å²) in [6.07, 6.45) is 7.22. The molecule has 1 aromatic carbocycles. The Balaban J connectivity index is 1.61. The number of rotatable bonds is 5. The maximum atomic E-state index is 14.3. The highest BCUT2D eigenvalue weighted by Gasteiger charge is 2.28. The predicted octanol–water partition coefficient (Wildman–Crippen LogP) is 4.26. The van der Waals surface area contributed by atoms with Crippen molar-refractivity contribution in [2.75, 3.05) is 13.7 Å². The maximum Gasteiger partial charge on any atom is 0.229 e. The van der Waals surface area contributed by atoms with E-state index in [0.29, 0.717) is 23.6 Å². The van der Waals surface area contributed by atoms with Crippen molar-refractivity contribution in [2.24, 2.45) is 7.05 Å². The van der Waals surface area contributed by atoms with Crippen LogP contribution in [-0.2, 0) is 13.6 Å². The predicted molar refractivity (Wildman–Crippen MR) is 103 cm³/mol. The Kier molecular flexibility index (Phi) is 5.17. The van der Waals surface area contributed by atoms with Crippen LogP contribution in [0.25, 0.3) is 11.5 Å². The molecule has 0 saturated carbocycles. The van der Waals surface area contributed by atoms with E-state index in [2.05, 4.69) is 19.4 Å². The molecule has 3 heterocycles. The fourth-order valence-corrected chi connectivity index (χ4v) is 3.85. The Hall–Kier alpha value is -2.67. The van der Waals surface area contributed by atoms with E-state index in [4.69, 9.17) is 9.15 Å². The number of aryl methyl sites for hydroxylation is 2. The molecule has 2 aromatic heterocycles. The average molecular weight is 384 g/mol. The zero-order valence-electron chi connectivity index (χ0n) is 16.5. The van der Waals surface area contributed by atoms with Crippen LogP contribution < -0.4 is 4.74 Å². The van der Waals surface area contributed by atoms with Crippen LogP contribution in [0.15, 0.2) is 35.0 Å². The first-order valence-corrected chi connectivity index (χ1v) is 9.58. The molecule has 4 rings (SSSR count). The summed E-state index contributed by atoms with van der Waals surface area (Å²) in [6.45, 7) is 3.51. The second kappa shape index (κ2) is 7.75. The fourth-order valence-electron chi connectivity index (χ4n) is 3.85. The summed E-state index contributed by atoms with van der Waals surface area (Å²) in [5.74, 6) is 2.26. The molecule has 0 unspecified atom stereocenters. The van der Waals surface area contributed by atoms with E-state index in [-0.39, 0.29) is 17.7 Å². The molecule has 28 heavy (non-hydrogen) atoms. The molecule has 1 atom stereocenters. The number of benzene rings is 1. The monoisotopic (exact) mass is 384 g/mol. The van der Waals surface area contributed by atoms with Crippen molar-refractivity contribution in [1.29, 1.82) is 0 Å². The first-order valence-electron chi connectivity index (χ1n) is 9.58. The smallest absolute Gasteiger partial charge is 0.229 e. The van der Waals surface area contributed by atoms with Gasteiger partial charge in [0, 0.05) is 26.0 Å². The fraction of sp³-hybridized carbons (Fsp3) is 0.429. The van der Waals surface area contributed by atoms with Crippen LogP contribution >= 0.6 is 0 Å². The van der Waals surface area contributed by atoms with Gasteiger partial charge in [0.15, 0.2) is 0 Å². The number of nitrogens with zero attached hydrogens (tertiary/aromatic N) is 4. The number of halogens is 1. The van der Waals surface area contributed by atoms with Gasteiger partial charge in [0.1, 0.15) is 23.2 Å². The van der Waals surface area contributed by atoms with E-state index in [0.717, 1.165) is 30.9 Å². The lowest BCUT2D eigenvalue weighted by Crippen LogP contribution is -2.34. The summed E-state index contributed by atoms with van der Waals surface area (Å²) >= 11 is 0. The Morgan fingerprint density at radius 3 is 2.93 bits per heavy atom. The minimum atomic E-state index is -0.377. The molecule has 0 radical (unpaired) electrons. The third-order valence-electron chi connectivity index (χ3n) is 5.42. The number of methoxy groups -OCH3 is 1. The van der Waals surface area contributed by atoms with Gasteiger partial charge >= 0.3 is 0 Å². The van der Waals surface area contributed by atoms with Crippen LogP contribution in [-0.4, -0.2) is 33.1 Å². The number of hydrogen-bond acceptors (Lipinski definition) is 5. The van der Waals surface area contributed by atoms with Crippen molar-refractivity contribution in [3.63, 3.8) is 0 Å². The summed E-state index contributed by atoms with van der Waals surface area (Å²) < 4.78 is 27.4. The van der Waals surface area contributed by atoms with Crippen molar-refractivity contribution >= 4 is 0 Å². The molecule has 1 fully saturated rings. The van der Waals surface area contributed by atoms with Gasteiger partial charge in [-0.15, -0.1) is 0 Å². The summed E-state index contributed by atoms with van der Waals surface area (Å²) in [4.78, 5) is 11.6. The second-order valence-electron chi connectivity index (χ2n) is 7.25. The maximum absolute atomic E-state index is 14.3. The Morgan fingerprint density at radius 1 is 1.32 bits per heavy atom. The molecule has 1 saturated heterocycles. The van der Waals surface area contributed by atoms with E-state index < -0.39 is 0 Å². The lowest BCUT2D eigenvalue weighted by Gasteiger charge is -2.34. The highest BCUT2D eigenvalue weighted by atomic mass is 19.1. The molecule has 0 aliphatic carbocycles. The van der Waals surface area contributed by atoms with Gasteiger partial charge in [-0.25, -0.2) is 14.4 Å². The molecule has 0 amide bonds. The molecule has 0 bridgehead atoms. The number of aromatic nitrogens is 3. The number of piperidine rings is 1. The Morgan fingerprint density at radius 2 is 2.18 bits per heavy atom. The number of imidazole rings is 1. The van der Waals surface area contributed by atoms with Gasteiger partial charge < -0.3 is 13.7 Å². The second-order valence-corrected chi connectivity index (χ2v) is 7.25. The molecular formula is C21H25FN4O2. The quantitative estimate of drug-likeness (QED) is 0.658. The van der Waals surface area contributed by atoms with Gasteiger partial charge in [-0.2, -0.15) is 0 Å². The third-order valence-corrected chi connectivity index (χ3v) is 5.42. The lowest BCUT2D eigenvalue weighted by atomic mass is 10.0. The van der Waals surface area contributed by atoms with Crippen LogP contribution in [0.3, 0.4) is 0 Å². The normalized spacial score (nSPS) is 17.8. The summed E-state index contributed by atoms with van der Waals surface area (Å²) in [7, 11) is 3.58. The summed E-state index contributed by atoms with van der Waals surface area (Å²) in [6, 6.07) is 4.82. The number of oxazole rings is 1. The Bertz CT molecular complexity index is 965. The number of likely N-dealkylation sites (tertiary alicyclic amines) is 1. The van der Waals surface area contributed by atoms with Gasteiger partial charge in [-0.3, -0.25) is 4.90 Å². The molecule has 1 aliphatic heterocycles. The van der Waals surface area contributed by atoms with E-state index in [1.807, 2.05) is 26.4 Å². The van der Waals surface area contributed by atoms with Gasteiger partial charge in [0.05, 0.1) is 24.4 Å². The molecule has 148 valence electrons. The van der Waals surface area contributed by atoms with Crippen LogP contribution in [0.4, 0.5) is 4.39 Å². The van der Waals surface area contributed by atoms with Crippen LogP contribution in [0.5, 0.6) is 5.75 Å². The van der Waals surface area contributed by atoms with Gasteiger partial charge in [0.25, 0.3) is 0 Å². The largest absolute Gasteiger partial charge is 0.497 e. The first-order chi connectivity index (χ1) is 13.6. The molecular weight excluding hydrogens is 359 g/mol. The molecule has 1 aliphatic rings. The van der Waals surface area contributed by atoms with Crippen molar-refractivity contribution in [2.45, 2.75) is 38.8 Å². The zero-order valence-corrected chi connectivity index (χ0v) is 16.5. The van der Waals surface area contributed by atoms with Gasteiger partial charge in [0.2, 0.25) is 5.89 Å². The summed E-state index contributed by atoms with van der Waals surface area (Å²) in [5, 5.41) is 0. The highest BCUT2D eigenvalue weighted by molar-refractivity contribution is 5.57. The zero-order chi connectivity index (χ0) is 19.7. The van der Waals surface area contributed by atoms with Crippen molar-refractivity contribution in [3.8, 4) is 17.2 Å². The Labute approximate surface area is 164 Å². The van der Waals surface area contributed by atoms with Gasteiger partial charge in [-0.1, -0.05) is 6.42 Å². The minimum Gasteiger partial charge on any atom is -0.497 e. The topological polar surface area (TPSA) is 56.3 Å². The highest BCUT2D eigenvalue weighted by Crippen LogP contribution is 2.33. The minimum absolute atomic E-state index is 0.252. The van der Waals surface area contributed by atoms with E-state index in [1.54, 1.807) is 19.2 Å². The number of ether oxygens (including phenoxy) is 1. The van der Waals surface area contributed by atoms with Crippen LogP contribution in [0.2, 0.25) is 0 Å². The molecule has 7 heteroatoms. The van der Waals surface area contributed by atoms with Crippen LogP contribution in [0, 0.1) is 12.7 Å². The van der Waals surface area contributed by atoms with E-state index in [9.17, 15) is 4.39 Å². The standard InChI is InChI=1S/C21H25FN4O2/c1-14-18(24-21(28-14)16-12-15(27-3)7-8-17(16)22)13-26-10-5-4-6-19(26)20-23-9-11-25(20)2/h7-9,11-12,19H,4-6,10,13H2,1-3H3/t19-/m0/s1. The van der Waals surface area contributed by atoms with Crippen molar-refractivity contribution < 1.29 is 13.5 Å². The van der Waals surface area contributed by atoms with Crippen molar-refractivity contribution in [3.05, 3.63) is 53.7 Å². The van der Waals surface area contributed by atoms with Crippen LogP contribution in [0.1, 0.15) is 42.6 Å². The molecule has 0 N–H and O–H groups in total. The SMILES string of the molecule is COc1ccc(F)c(-c2nc(CN3CCCC[C@H]3c3nccn3C)c(C)o2)c1. The molecule has 6 nitrogen and oxygen atoms in total. The number of hydrogen-bond donors (Lipinski definition) is 0. The molecule has 3 aromatic rings. The van der Waals surface area contributed by atoms with Gasteiger partial charge in [-0.05, 0) is 44.5 Å². The lowest BCUT2D eigenvalue weighted by molar-refractivity contribution is 0.129.